The van der Waals surface area contributed by atoms with Crippen LogP contribution in [-0.2, 0) is 11.2 Å². The number of benzene rings is 2. The van der Waals surface area contributed by atoms with E-state index in [9.17, 15) is 9.59 Å². The molecule has 2 aromatic carbocycles. The number of hydrogen-bond acceptors (Lipinski definition) is 5. The van der Waals surface area contributed by atoms with Crippen LogP contribution in [0.3, 0.4) is 0 Å². The first-order valence-electron chi connectivity index (χ1n) is 15.1. The molecule has 2 N–H and O–H groups in total. The molecule has 0 spiro atoms. The highest BCUT2D eigenvalue weighted by Crippen LogP contribution is 2.21. The number of hydrogen-bond donors (Lipinski definition) is 2. The molecule has 2 aromatic rings. The van der Waals surface area contributed by atoms with E-state index in [0.717, 1.165) is 52.6 Å². The zero-order valence-corrected chi connectivity index (χ0v) is 28.2. The monoisotopic (exact) mass is 580 g/mol. The van der Waals surface area contributed by atoms with Gasteiger partial charge in [-0.25, -0.2) is 0 Å². The van der Waals surface area contributed by atoms with Gasteiger partial charge in [0, 0.05) is 24.8 Å². The fourth-order valence-corrected chi connectivity index (χ4v) is 3.78. The minimum Gasteiger partial charge on any atom is -0.491 e. The second-order valence-electron chi connectivity index (χ2n) is 11.8. The minimum absolute atomic E-state index is 0.0552. The zero-order valence-electron chi connectivity index (χ0n) is 28.2. The van der Waals surface area contributed by atoms with Crippen molar-refractivity contribution in [1.29, 1.82) is 0 Å². The Labute approximate surface area is 255 Å². The topological polar surface area (TPSA) is 88.0 Å². The molecule has 234 valence electrons. The number of aliphatic hydroxyl groups is 1. The molecule has 0 unspecified atom stereocenters. The van der Waals surface area contributed by atoms with E-state index in [1.54, 1.807) is 13.0 Å². The maximum Gasteiger partial charge on any atom is 0.217 e. The molecule has 0 aromatic heterocycles. The van der Waals surface area contributed by atoms with Crippen molar-refractivity contribution in [3.63, 3.8) is 0 Å². The van der Waals surface area contributed by atoms with Gasteiger partial charge < -0.3 is 15.2 Å². The smallest absolute Gasteiger partial charge is 0.217 e. The molecule has 0 saturated carbocycles. The highest BCUT2D eigenvalue weighted by molar-refractivity contribution is 5.95. The Balaban J connectivity index is 0.000000784. The number of allylic oxidation sites excluding steroid dienone is 1. The normalized spacial score (nSPS) is 12.9. The van der Waals surface area contributed by atoms with Crippen molar-refractivity contribution >= 4 is 23.1 Å². The van der Waals surface area contributed by atoms with Crippen molar-refractivity contribution < 1.29 is 19.4 Å². The molecule has 0 fully saturated rings. The molecule has 0 aliphatic rings. The average Bonchev–Trinajstić information content (AvgIpc) is 2.88. The van der Waals surface area contributed by atoms with Crippen LogP contribution in [0.1, 0.15) is 110 Å². The summed E-state index contributed by atoms with van der Waals surface area (Å²) in [6.07, 6.45) is 3.94. The highest BCUT2D eigenvalue weighted by Gasteiger charge is 2.09. The zero-order chi connectivity index (χ0) is 32.4. The minimum atomic E-state index is -0.0870. The summed E-state index contributed by atoms with van der Waals surface area (Å²) in [6.45, 7) is 23.7. The van der Waals surface area contributed by atoms with E-state index in [4.69, 9.17) is 9.84 Å². The fraction of sp³-hybridized carbons (Fsp3) is 0.528. The first-order chi connectivity index (χ1) is 19.6. The van der Waals surface area contributed by atoms with Gasteiger partial charge in [-0.05, 0) is 108 Å². The molecule has 1 amide bonds. The van der Waals surface area contributed by atoms with E-state index in [2.05, 4.69) is 62.3 Å². The summed E-state index contributed by atoms with van der Waals surface area (Å²) >= 11 is 0. The molecule has 6 nitrogen and oxygen atoms in total. The first kappa shape index (κ1) is 38.8. The van der Waals surface area contributed by atoms with Crippen LogP contribution in [-0.4, -0.2) is 41.3 Å². The standard InChI is InChI=1S/C20H30N2O2.C12H16O2.C4H10/c1-6-20(22-16(4)15(3)21-17(5)24)19-9-7-18(8-10-19)13-14(2)11-12-23;1-8(2)14-12-6-5-11(10(4)13)7-9(12)3;1-4(2)3/h6-10,14-15,23H,11-13H2,1-5H3,(H,21,24);5-8H,1-4H3;4H,1-3H3/b20-6-,22-16?;;/t14-,15-;;/m1../s1. The number of Topliss-reactive ketones (excluding diaryl/α,β-unsaturated/α-hetero) is 1. The number of ether oxygens (including phenoxy) is 1. The number of carbonyl (C=O) groups excluding carboxylic acids is 2. The molecule has 6 heteroatoms. The second-order valence-corrected chi connectivity index (χ2v) is 11.8. The predicted octanol–water partition coefficient (Wildman–Crippen LogP) is 8.24. The number of amides is 1. The third-order valence-electron chi connectivity index (χ3n) is 6.02. The van der Waals surface area contributed by atoms with Crippen molar-refractivity contribution in [2.45, 2.75) is 108 Å². The average molecular weight is 581 g/mol. The molecular formula is C36H56N2O4. The molecule has 2 rings (SSSR count). The molecule has 0 aliphatic carbocycles. The van der Waals surface area contributed by atoms with Gasteiger partial charge in [-0.3, -0.25) is 14.6 Å². The largest absolute Gasteiger partial charge is 0.491 e. The van der Waals surface area contributed by atoms with Gasteiger partial charge in [0.05, 0.1) is 17.8 Å². The van der Waals surface area contributed by atoms with Crippen LogP contribution in [0.15, 0.2) is 53.5 Å². The molecule has 0 saturated heterocycles. The van der Waals surface area contributed by atoms with Gasteiger partial charge in [0.2, 0.25) is 5.91 Å². The van der Waals surface area contributed by atoms with Crippen LogP contribution in [0.5, 0.6) is 5.75 Å². The predicted molar refractivity (Wildman–Crippen MR) is 179 cm³/mol. The van der Waals surface area contributed by atoms with Crippen molar-refractivity contribution in [3.05, 3.63) is 70.8 Å². The fourth-order valence-electron chi connectivity index (χ4n) is 3.78. The Hall–Kier alpha value is -3.25. The molecule has 0 bridgehead atoms. The van der Waals surface area contributed by atoms with Crippen LogP contribution >= 0.6 is 0 Å². The maximum atomic E-state index is 11.2. The van der Waals surface area contributed by atoms with E-state index in [-0.39, 0.29) is 30.4 Å². The highest BCUT2D eigenvalue weighted by atomic mass is 16.5. The van der Waals surface area contributed by atoms with Crippen molar-refractivity contribution in [1.82, 2.24) is 5.32 Å². The molecule has 0 aliphatic heterocycles. The van der Waals surface area contributed by atoms with Gasteiger partial charge in [-0.2, -0.15) is 0 Å². The summed E-state index contributed by atoms with van der Waals surface area (Å²) in [5, 5.41) is 11.8. The Morgan fingerprint density at radius 2 is 1.48 bits per heavy atom. The molecule has 42 heavy (non-hydrogen) atoms. The lowest BCUT2D eigenvalue weighted by molar-refractivity contribution is -0.119. The summed E-state index contributed by atoms with van der Waals surface area (Å²) in [7, 11) is 0. The Kier molecular flexibility index (Phi) is 19.0. The van der Waals surface area contributed by atoms with E-state index in [1.165, 1.54) is 12.5 Å². The van der Waals surface area contributed by atoms with Gasteiger partial charge >= 0.3 is 0 Å². The van der Waals surface area contributed by atoms with Gasteiger partial charge in [-0.15, -0.1) is 0 Å². The number of nitrogens with zero attached hydrogens (tertiary/aromatic N) is 1. The second kappa shape index (κ2) is 20.6. The number of carbonyl (C=O) groups is 2. The third-order valence-corrected chi connectivity index (χ3v) is 6.02. The molecular weight excluding hydrogens is 524 g/mol. The quantitative estimate of drug-likeness (QED) is 0.207. The van der Waals surface area contributed by atoms with Crippen LogP contribution < -0.4 is 10.1 Å². The van der Waals surface area contributed by atoms with Crippen LogP contribution in [0.2, 0.25) is 0 Å². The Morgan fingerprint density at radius 3 is 1.90 bits per heavy atom. The number of nitrogens with one attached hydrogen (secondary N) is 1. The Morgan fingerprint density at radius 1 is 0.929 bits per heavy atom. The molecule has 0 heterocycles. The van der Waals surface area contributed by atoms with Crippen LogP contribution in [0.25, 0.3) is 5.70 Å². The lowest BCUT2D eigenvalue weighted by Gasteiger charge is -2.14. The van der Waals surface area contributed by atoms with Gasteiger partial charge in [0.15, 0.2) is 5.78 Å². The van der Waals surface area contributed by atoms with Crippen LogP contribution in [0, 0.1) is 18.8 Å². The number of aliphatic imine (C=N–C) groups is 1. The molecule has 2 atom stereocenters. The summed E-state index contributed by atoms with van der Waals surface area (Å²) in [6, 6.07) is 13.8. The SMILES string of the molecule is C/C=C(\N=C(C)[C@@H](C)NC(C)=O)c1ccc(C[C@H](C)CCO)cc1.CC(=O)c1ccc(OC(C)C)c(C)c1.CC(C)C. The number of ketones is 1. The van der Waals surface area contributed by atoms with Crippen LogP contribution in [0.4, 0.5) is 0 Å². The van der Waals surface area contributed by atoms with Crippen molar-refractivity contribution in [2.75, 3.05) is 6.61 Å². The van der Waals surface area contributed by atoms with Crippen molar-refractivity contribution in [3.8, 4) is 5.75 Å². The Bertz CT molecular complexity index is 1140. The van der Waals surface area contributed by atoms with Gasteiger partial charge in [0.1, 0.15) is 5.75 Å². The summed E-state index contributed by atoms with van der Waals surface area (Å²) < 4.78 is 5.57. The van der Waals surface area contributed by atoms with Crippen molar-refractivity contribution in [2.24, 2.45) is 16.8 Å². The van der Waals surface area contributed by atoms with Gasteiger partial charge in [-0.1, -0.05) is 58.0 Å². The van der Waals surface area contributed by atoms with E-state index < -0.39 is 0 Å². The van der Waals surface area contributed by atoms with E-state index >= 15 is 0 Å². The summed E-state index contributed by atoms with van der Waals surface area (Å²) in [4.78, 5) is 26.9. The van der Waals surface area contributed by atoms with E-state index in [0.29, 0.717) is 5.92 Å². The first-order valence-corrected chi connectivity index (χ1v) is 15.1. The van der Waals surface area contributed by atoms with E-state index in [1.807, 2.05) is 59.8 Å². The number of aliphatic hydroxyl groups excluding tert-OH is 1. The number of aryl methyl sites for hydroxylation is 1. The lowest BCUT2D eigenvalue weighted by Crippen LogP contribution is -2.35. The lowest BCUT2D eigenvalue weighted by atomic mass is 9.97. The van der Waals surface area contributed by atoms with Gasteiger partial charge in [0.25, 0.3) is 0 Å². The summed E-state index contributed by atoms with van der Waals surface area (Å²) in [5.74, 6) is 2.19. The number of rotatable bonds is 11. The molecule has 0 radical (unpaired) electrons. The summed E-state index contributed by atoms with van der Waals surface area (Å²) in [5.41, 5.74) is 5.84. The third kappa shape index (κ3) is 16.9. The maximum absolute atomic E-state index is 11.2.